The molecule has 0 rings (SSSR count). The van der Waals surface area contributed by atoms with Gasteiger partial charge in [0.2, 0.25) is 0 Å². The van der Waals surface area contributed by atoms with Gasteiger partial charge in [-0.25, -0.2) is 0 Å². The Hall–Kier alpha value is -1.34. The van der Waals surface area contributed by atoms with Crippen molar-refractivity contribution in [2.24, 2.45) is 11.7 Å². The highest BCUT2D eigenvalue weighted by atomic mass is 14.6. The van der Waals surface area contributed by atoms with Crippen LogP contribution in [0.25, 0.3) is 0 Å². The van der Waals surface area contributed by atoms with Gasteiger partial charge in [-0.05, 0) is 25.2 Å². The van der Waals surface area contributed by atoms with Crippen molar-refractivity contribution in [3.05, 3.63) is 62.3 Å². The lowest BCUT2D eigenvalue weighted by Gasteiger charge is -2.04. The predicted octanol–water partition coefficient (Wildman–Crippen LogP) is 3.77. The van der Waals surface area contributed by atoms with E-state index >= 15 is 0 Å². The smallest absolute Gasteiger partial charge is 0.0256 e. The molecule has 0 saturated carbocycles. The molecule has 88 valence electrons. The molecule has 0 radical (unpaired) electrons. The Bertz CT molecular complexity index is 261. The molecular weight excluding hydrogens is 194 g/mol. The minimum Gasteiger partial charge on any atom is -0.324 e. The number of nitrogens with two attached hydrogens (primary N) is 1. The summed E-state index contributed by atoms with van der Waals surface area (Å²) in [7, 11) is 0. The zero-order valence-electron chi connectivity index (χ0n) is 10.0. The maximum Gasteiger partial charge on any atom is 0.0256 e. The Balaban J connectivity index is 3.78. The average Bonchev–Trinajstić information content (AvgIpc) is 2.31. The van der Waals surface area contributed by atoms with Gasteiger partial charge in [0.1, 0.15) is 0 Å². The minimum atomic E-state index is 0.0614. The van der Waals surface area contributed by atoms with Gasteiger partial charge in [0.25, 0.3) is 0 Å². The van der Waals surface area contributed by atoms with Crippen molar-refractivity contribution in [2.45, 2.75) is 25.3 Å². The van der Waals surface area contributed by atoms with Crippen molar-refractivity contribution in [2.75, 3.05) is 0 Å². The van der Waals surface area contributed by atoms with Crippen LogP contribution in [0.15, 0.2) is 62.3 Å². The number of allylic oxidation sites excluding steroid dienone is 5. The lowest BCUT2D eigenvalue weighted by molar-refractivity contribution is 0.677. The standard InChI is InChI=1S/C15H23N/c1-4-11-14(5-2)12-9-7-8-10-13-15(16)6-3/h4-10,14-15H,1-3,11-13,16H2/b9-7+,10-8+. The van der Waals surface area contributed by atoms with Crippen LogP contribution >= 0.6 is 0 Å². The van der Waals surface area contributed by atoms with Crippen molar-refractivity contribution in [1.29, 1.82) is 0 Å². The SMILES string of the molecule is C=CCC(C=C)C/C=C/C=C/CC(N)C=C. The summed E-state index contributed by atoms with van der Waals surface area (Å²) in [6, 6.07) is 0.0614. The number of rotatable bonds is 9. The summed E-state index contributed by atoms with van der Waals surface area (Å²) in [5.74, 6) is 0.498. The summed E-state index contributed by atoms with van der Waals surface area (Å²) in [6.07, 6.45) is 16.8. The first-order valence-corrected chi connectivity index (χ1v) is 5.67. The van der Waals surface area contributed by atoms with E-state index in [1.165, 1.54) is 0 Å². The molecule has 0 aliphatic carbocycles. The van der Waals surface area contributed by atoms with E-state index in [2.05, 4.69) is 38.0 Å². The van der Waals surface area contributed by atoms with Crippen LogP contribution in [0.1, 0.15) is 19.3 Å². The highest BCUT2D eigenvalue weighted by Gasteiger charge is 1.96. The molecule has 16 heavy (non-hydrogen) atoms. The quantitative estimate of drug-likeness (QED) is 0.462. The minimum absolute atomic E-state index is 0.0614. The van der Waals surface area contributed by atoms with E-state index in [1.807, 2.05) is 18.2 Å². The van der Waals surface area contributed by atoms with E-state index in [0.717, 1.165) is 19.3 Å². The third kappa shape index (κ3) is 8.01. The van der Waals surface area contributed by atoms with Gasteiger partial charge in [-0.1, -0.05) is 42.5 Å². The molecule has 2 N–H and O–H groups in total. The summed E-state index contributed by atoms with van der Waals surface area (Å²) in [6.45, 7) is 11.2. The van der Waals surface area contributed by atoms with Gasteiger partial charge in [0.15, 0.2) is 0 Å². The monoisotopic (exact) mass is 217 g/mol. The maximum atomic E-state index is 5.68. The topological polar surface area (TPSA) is 26.0 Å². The summed E-state index contributed by atoms with van der Waals surface area (Å²) in [5.41, 5.74) is 5.68. The van der Waals surface area contributed by atoms with E-state index in [1.54, 1.807) is 6.08 Å². The van der Waals surface area contributed by atoms with Gasteiger partial charge >= 0.3 is 0 Å². The normalized spacial score (nSPS) is 15.1. The molecule has 0 aromatic heterocycles. The predicted molar refractivity (Wildman–Crippen MR) is 74.2 cm³/mol. The molecule has 2 unspecified atom stereocenters. The fourth-order valence-corrected chi connectivity index (χ4v) is 1.25. The second kappa shape index (κ2) is 10.2. The third-order valence-corrected chi connectivity index (χ3v) is 2.34. The number of hydrogen-bond donors (Lipinski definition) is 1. The fourth-order valence-electron chi connectivity index (χ4n) is 1.25. The van der Waals surface area contributed by atoms with Gasteiger partial charge in [0.05, 0.1) is 0 Å². The van der Waals surface area contributed by atoms with Crippen LogP contribution in [0, 0.1) is 5.92 Å². The van der Waals surface area contributed by atoms with Gasteiger partial charge in [-0.3, -0.25) is 0 Å². The van der Waals surface area contributed by atoms with Gasteiger partial charge < -0.3 is 5.73 Å². The van der Waals surface area contributed by atoms with E-state index in [9.17, 15) is 0 Å². The highest BCUT2D eigenvalue weighted by Crippen LogP contribution is 2.10. The number of hydrogen-bond acceptors (Lipinski definition) is 1. The van der Waals surface area contributed by atoms with Gasteiger partial charge in [-0.2, -0.15) is 0 Å². The third-order valence-electron chi connectivity index (χ3n) is 2.34. The van der Waals surface area contributed by atoms with Crippen LogP contribution in [0.2, 0.25) is 0 Å². The molecule has 0 aromatic carbocycles. The second-order valence-electron chi connectivity index (χ2n) is 3.75. The molecule has 0 heterocycles. The van der Waals surface area contributed by atoms with E-state index in [0.29, 0.717) is 5.92 Å². The summed E-state index contributed by atoms with van der Waals surface area (Å²) >= 11 is 0. The lowest BCUT2D eigenvalue weighted by atomic mass is 10.0. The Morgan fingerprint density at radius 3 is 2.00 bits per heavy atom. The molecule has 1 heteroatoms. The fraction of sp³-hybridized carbons (Fsp3) is 0.333. The molecule has 0 aliphatic rings. The second-order valence-corrected chi connectivity index (χ2v) is 3.75. The molecule has 0 bridgehead atoms. The van der Waals surface area contributed by atoms with Crippen LogP contribution in [-0.4, -0.2) is 6.04 Å². The molecular formula is C15H23N. The van der Waals surface area contributed by atoms with Gasteiger partial charge in [0, 0.05) is 6.04 Å². The van der Waals surface area contributed by atoms with Crippen LogP contribution in [0.4, 0.5) is 0 Å². The zero-order chi connectivity index (χ0) is 12.2. The van der Waals surface area contributed by atoms with Crippen molar-refractivity contribution >= 4 is 0 Å². The van der Waals surface area contributed by atoms with E-state index < -0.39 is 0 Å². The van der Waals surface area contributed by atoms with Crippen molar-refractivity contribution < 1.29 is 0 Å². The van der Waals surface area contributed by atoms with E-state index in [-0.39, 0.29) is 6.04 Å². The molecule has 0 aliphatic heterocycles. The Morgan fingerprint density at radius 1 is 0.875 bits per heavy atom. The largest absolute Gasteiger partial charge is 0.324 e. The average molecular weight is 217 g/mol. The van der Waals surface area contributed by atoms with E-state index in [4.69, 9.17) is 5.73 Å². The van der Waals surface area contributed by atoms with Crippen LogP contribution in [-0.2, 0) is 0 Å². The van der Waals surface area contributed by atoms with Crippen LogP contribution < -0.4 is 5.73 Å². The molecule has 1 nitrogen and oxygen atoms in total. The first-order valence-electron chi connectivity index (χ1n) is 5.67. The van der Waals surface area contributed by atoms with Crippen LogP contribution in [0.5, 0.6) is 0 Å². The highest BCUT2D eigenvalue weighted by molar-refractivity contribution is 5.05. The molecule has 0 fully saturated rings. The van der Waals surface area contributed by atoms with Crippen LogP contribution in [0.3, 0.4) is 0 Å². The molecule has 0 aromatic rings. The van der Waals surface area contributed by atoms with Crippen molar-refractivity contribution in [3.63, 3.8) is 0 Å². The molecule has 0 spiro atoms. The lowest BCUT2D eigenvalue weighted by Crippen LogP contribution is -2.14. The molecule has 0 amide bonds. The summed E-state index contributed by atoms with van der Waals surface area (Å²) < 4.78 is 0. The van der Waals surface area contributed by atoms with Gasteiger partial charge in [-0.15, -0.1) is 19.7 Å². The molecule has 2 atom stereocenters. The van der Waals surface area contributed by atoms with Crippen molar-refractivity contribution in [3.8, 4) is 0 Å². The summed E-state index contributed by atoms with van der Waals surface area (Å²) in [4.78, 5) is 0. The zero-order valence-corrected chi connectivity index (χ0v) is 10.0. The van der Waals surface area contributed by atoms with Crippen molar-refractivity contribution in [1.82, 2.24) is 0 Å². The Morgan fingerprint density at radius 2 is 1.50 bits per heavy atom. The Labute approximate surface area is 99.7 Å². The summed E-state index contributed by atoms with van der Waals surface area (Å²) in [5, 5.41) is 0. The first kappa shape index (κ1) is 14.7. The molecule has 0 saturated heterocycles. The Kier molecular flexibility index (Phi) is 9.33. The first-order chi connectivity index (χ1) is 7.74. The maximum absolute atomic E-state index is 5.68.